The first kappa shape index (κ1) is 17.2. The molecule has 3 rings (SSSR count). The third-order valence-electron chi connectivity index (χ3n) is 3.67. The Morgan fingerprint density at radius 1 is 1.12 bits per heavy atom. The number of nitrogens with zero attached hydrogens (tertiary/aromatic N) is 3. The molecule has 3 aromatic rings. The molecule has 0 aliphatic rings. The molecule has 2 heterocycles. The van der Waals surface area contributed by atoms with E-state index < -0.39 is 0 Å². The summed E-state index contributed by atoms with van der Waals surface area (Å²) in [4.78, 5) is 24.4. The third kappa shape index (κ3) is 4.23. The van der Waals surface area contributed by atoms with E-state index >= 15 is 0 Å². The van der Waals surface area contributed by atoms with Gasteiger partial charge in [0.05, 0.1) is 0 Å². The zero-order valence-corrected chi connectivity index (χ0v) is 14.2. The summed E-state index contributed by atoms with van der Waals surface area (Å²) < 4.78 is 0. The van der Waals surface area contributed by atoms with Crippen molar-refractivity contribution >= 4 is 23.2 Å². The second-order valence-corrected chi connectivity index (χ2v) is 5.64. The van der Waals surface area contributed by atoms with Crippen LogP contribution in [0.2, 0.25) is 0 Å². The van der Waals surface area contributed by atoms with Crippen LogP contribution in [-0.2, 0) is 6.54 Å². The van der Waals surface area contributed by atoms with Crippen LogP contribution in [0.4, 0.5) is 17.3 Å². The first-order chi connectivity index (χ1) is 12.6. The van der Waals surface area contributed by atoms with Crippen LogP contribution >= 0.6 is 0 Å². The smallest absolute Gasteiger partial charge is 0.269 e. The molecule has 26 heavy (non-hydrogen) atoms. The van der Waals surface area contributed by atoms with Crippen LogP contribution in [0.5, 0.6) is 0 Å². The summed E-state index contributed by atoms with van der Waals surface area (Å²) in [6.07, 6.45) is 4.83. The van der Waals surface area contributed by atoms with Crippen molar-refractivity contribution in [1.29, 1.82) is 0 Å². The molecule has 2 aromatic heterocycles. The largest absolute Gasteiger partial charge is 0.393 e. The number of hydrazine groups is 1. The molecule has 1 amide bonds. The number of benzene rings is 1. The Morgan fingerprint density at radius 3 is 2.62 bits per heavy atom. The summed E-state index contributed by atoms with van der Waals surface area (Å²) in [5.74, 6) is 0.498. The van der Waals surface area contributed by atoms with Gasteiger partial charge in [-0.05, 0) is 30.7 Å². The standard InChI is InChI=1S/C18H19N7O/c1-12-4-6-14(7-5-12)18(26)25-24-17-15(19)16(22-11-23-17)21-10-13-3-2-8-20-9-13/h2-9,11H,10,19H2,1H3,(H,25,26)(H2,21,22,23,24). The van der Waals surface area contributed by atoms with Crippen LogP contribution in [-0.4, -0.2) is 20.9 Å². The fourth-order valence-corrected chi connectivity index (χ4v) is 2.22. The van der Waals surface area contributed by atoms with Gasteiger partial charge in [-0.2, -0.15) is 0 Å². The Morgan fingerprint density at radius 2 is 1.88 bits per heavy atom. The van der Waals surface area contributed by atoms with E-state index in [0.29, 0.717) is 29.4 Å². The van der Waals surface area contributed by atoms with Gasteiger partial charge in [0.15, 0.2) is 11.6 Å². The monoisotopic (exact) mass is 349 g/mol. The molecule has 0 spiro atoms. The SMILES string of the molecule is Cc1ccc(C(=O)NNc2ncnc(NCc3cccnc3)c2N)cc1. The van der Waals surface area contributed by atoms with Gasteiger partial charge >= 0.3 is 0 Å². The minimum atomic E-state index is -0.284. The van der Waals surface area contributed by atoms with Crippen LogP contribution in [0.25, 0.3) is 0 Å². The van der Waals surface area contributed by atoms with E-state index in [1.807, 2.05) is 31.2 Å². The maximum atomic E-state index is 12.2. The fourth-order valence-electron chi connectivity index (χ4n) is 2.22. The number of carbonyl (C=O) groups is 1. The van der Waals surface area contributed by atoms with E-state index in [1.54, 1.807) is 24.5 Å². The number of anilines is 3. The van der Waals surface area contributed by atoms with Crippen LogP contribution in [0.3, 0.4) is 0 Å². The first-order valence-electron chi connectivity index (χ1n) is 8.00. The molecule has 132 valence electrons. The lowest BCUT2D eigenvalue weighted by atomic mass is 10.1. The summed E-state index contributed by atoms with van der Waals surface area (Å²) in [6, 6.07) is 11.0. The molecule has 0 atom stereocenters. The highest BCUT2D eigenvalue weighted by Gasteiger charge is 2.10. The van der Waals surface area contributed by atoms with Crippen molar-refractivity contribution in [2.75, 3.05) is 16.5 Å². The molecule has 0 radical (unpaired) electrons. The van der Waals surface area contributed by atoms with Gasteiger partial charge in [-0.25, -0.2) is 9.97 Å². The molecular formula is C18H19N7O. The number of pyridine rings is 1. The molecule has 1 aromatic carbocycles. The van der Waals surface area contributed by atoms with Gasteiger partial charge in [0, 0.05) is 24.5 Å². The van der Waals surface area contributed by atoms with E-state index in [0.717, 1.165) is 11.1 Å². The molecule has 0 fully saturated rings. The zero-order chi connectivity index (χ0) is 18.4. The number of nitrogens with one attached hydrogen (secondary N) is 3. The van der Waals surface area contributed by atoms with E-state index in [2.05, 4.69) is 31.1 Å². The predicted molar refractivity (Wildman–Crippen MR) is 100 cm³/mol. The van der Waals surface area contributed by atoms with E-state index in [9.17, 15) is 4.79 Å². The quantitative estimate of drug-likeness (QED) is 0.503. The van der Waals surface area contributed by atoms with Crippen LogP contribution < -0.4 is 21.9 Å². The lowest BCUT2D eigenvalue weighted by Crippen LogP contribution is -2.30. The highest BCUT2D eigenvalue weighted by molar-refractivity contribution is 5.95. The van der Waals surface area contributed by atoms with Crippen molar-refractivity contribution in [3.63, 3.8) is 0 Å². The maximum Gasteiger partial charge on any atom is 0.269 e. The first-order valence-corrected chi connectivity index (χ1v) is 8.00. The second kappa shape index (κ2) is 7.93. The summed E-state index contributed by atoms with van der Waals surface area (Å²) in [5, 5.41) is 3.13. The Labute approximate surface area is 150 Å². The summed E-state index contributed by atoms with van der Waals surface area (Å²) in [6.45, 7) is 2.48. The van der Waals surface area contributed by atoms with Crippen molar-refractivity contribution in [1.82, 2.24) is 20.4 Å². The van der Waals surface area contributed by atoms with Crippen molar-refractivity contribution in [2.24, 2.45) is 0 Å². The third-order valence-corrected chi connectivity index (χ3v) is 3.67. The molecule has 0 unspecified atom stereocenters. The normalized spacial score (nSPS) is 10.2. The molecule has 8 heteroatoms. The summed E-state index contributed by atoms with van der Waals surface area (Å²) in [5.41, 5.74) is 14.3. The molecule has 0 saturated heterocycles. The molecule has 8 nitrogen and oxygen atoms in total. The zero-order valence-electron chi connectivity index (χ0n) is 14.2. The Bertz CT molecular complexity index is 882. The predicted octanol–water partition coefficient (Wildman–Crippen LogP) is 2.13. The van der Waals surface area contributed by atoms with Gasteiger partial charge in [-0.3, -0.25) is 20.6 Å². The Kier molecular flexibility index (Phi) is 5.23. The van der Waals surface area contributed by atoms with Gasteiger partial charge in [-0.15, -0.1) is 0 Å². The Hall–Kier alpha value is -3.68. The van der Waals surface area contributed by atoms with Gasteiger partial charge in [0.2, 0.25) is 0 Å². The molecule has 0 bridgehead atoms. The Balaban J connectivity index is 1.63. The number of amides is 1. The topological polar surface area (TPSA) is 118 Å². The summed E-state index contributed by atoms with van der Waals surface area (Å²) >= 11 is 0. The number of aryl methyl sites for hydroxylation is 1. The number of carbonyl (C=O) groups excluding carboxylic acids is 1. The minimum absolute atomic E-state index is 0.284. The van der Waals surface area contributed by atoms with Crippen molar-refractivity contribution in [2.45, 2.75) is 13.5 Å². The molecule has 0 aliphatic carbocycles. The number of hydrogen-bond acceptors (Lipinski definition) is 7. The van der Waals surface area contributed by atoms with E-state index in [-0.39, 0.29) is 5.91 Å². The van der Waals surface area contributed by atoms with Gasteiger partial charge in [-0.1, -0.05) is 23.8 Å². The lowest BCUT2D eigenvalue weighted by molar-refractivity contribution is 0.0962. The maximum absolute atomic E-state index is 12.2. The minimum Gasteiger partial charge on any atom is -0.393 e. The highest BCUT2D eigenvalue weighted by Crippen LogP contribution is 2.22. The van der Waals surface area contributed by atoms with Crippen molar-refractivity contribution in [3.8, 4) is 0 Å². The van der Waals surface area contributed by atoms with Crippen LogP contribution in [0.1, 0.15) is 21.5 Å². The van der Waals surface area contributed by atoms with E-state index in [4.69, 9.17) is 5.73 Å². The number of nitrogen functional groups attached to an aromatic ring is 1. The number of rotatable bonds is 6. The molecule has 0 aliphatic heterocycles. The average molecular weight is 349 g/mol. The second-order valence-electron chi connectivity index (χ2n) is 5.64. The fraction of sp³-hybridized carbons (Fsp3) is 0.111. The number of nitrogens with two attached hydrogens (primary N) is 1. The lowest BCUT2D eigenvalue weighted by Gasteiger charge is -2.13. The van der Waals surface area contributed by atoms with Crippen LogP contribution in [0, 0.1) is 6.92 Å². The van der Waals surface area contributed by atoms with Gasteiger partial charge in [0.1, 0.15) is 12.0 Å². The highest BCUT2D eigenvalue weighted by atomic mass is 16.2. The van der Waals surface area contributed by atoms with Crippen molar-refractivity contribution in [3.05, 3.63) is 71.8 Å². The number of aromatic nitrogens is 3. The molecular weight excluding hydrogens is 330 g/mol. The average Bonchev–Trinajstić information content (AvgIpc) is 2.67. The summed E-state index contributed by atoms with van der Waals surface area (Å²) in [7, 11) is 0. The van der Waals surface area contributed by atoms with Gasteiger partial charge < -0.3 is 11.1 Å². The van der Waals surface area contributed by atoms with Crippen molar-refractivity contribution < 1.29 is 4.79 Å². The molecule has 5 N–H and O–H groups in total. The number of hydrogen-bond donors (Lipinski definition) is 4. The molecule has 0 saturated carbocycles. The van der Waals surface area contributed by atoms with E-state index in [1.165, 1.54) is 6.33 Å². The van der Waals surface area contributed by atoms with Crippen LogP contribution in [0.15, 0.2) is 55.1 Å². The van der Waals surface area contributed by atoms with Gasteiger partial charge in [0.25, 0.3) is 5.91 Å².